The van der Waals surface area contributed by atoms with Crippen LogP contribution in [0.4, 0.5) is 0 Å². The van der Waals surface area contributed by atoms with Crippen LogP contribution in [0, 0.1) is 5.92 Å². The first-order valence-electron chi connectivity index (χ1n) is 11.7. The molecule has 2 aliphatic heterocycles. The predicted octanol–water partition coefficient (Wildman–Crippen LogP) is 3.99. The fourth-order valence-corrected chi connectivity index (χ4v) is 4.42. The van der Waals surface area contributed by atoms with Crippen molar-refractivity contribution in [1.82, 2.24) is 19.7 Å². The Bertz CT molecular complexity index is 845. The summed E-state index contributed by atoms with van der Waals surface area (Å²) in [5, 5.41) is 0. The molecule has 1 aromatic heterocycles. The zero-order valence-corrected chi connectivity index (χ0v) is 19.2. The van der Waals surface area contributed by atoms with Gasteiger partial charge in [0.1, 0.15) is 6.26 Å². The average molecular weight is 425 g/mol. The molecule has 168 valence electrons. The van der Waals surface area contributed by atoms with Crippen molar-refractivity contribution in [2.24, 2.45) is 5.92 Å². The number of nitrogens with zero attached hydrogens (tertiary/aromatic N) is 4. The molecule has 0 atom stereocenters. The van der Waals surface area contributed by atoms with Crippen LogP contribution in [0.15, 0.2) is 34.9 Å². The van der Waals surface area contributed by atoms with Gasteiger partial charge >= 0.3 is 0 Å². The highest BCUT2D eigenvalue weighted by atomic mass is 16.3. The van der Waals surface area contributed by atoms with E-state index < -0.39 is 0 Å². The summed E-state index contributed by atoms with van der Waals surface area (Å²) in [7, 11) is 0. The highest BCUT2D eigenvalue weighted by molar-refractivity contribution is 5.92. The topological polar surface area (TPSA) is 52.8 Å². The fraction of sp³-hybridized carbons (Fsp3) is 0.600. The Kier molecular flexibility index (Phi) is 7.08. The smallest absolute Gasteiger partial charge is 0.275 e. The van der Waals surface area contributed by atoms with E-state index >= 15 is 0 Å². The lowest BCUT2D eigenvalue weighted by atomic mass is 9.99. The molecule has 0 spiro atoms. The quantitative estimate of drug-likeness (QED) is 0.702. The van der Waals surface area contributed by atoms with Crippen molar-refractivity contribution >= 4 is 5.91 Å². The van der Waals surface area contributed by atoms with Crippen molar-refractivity contribution in [3.05, 3.63) is 53.2 Å². The van der Waals surface area contributed by atoms with Gasteiger partial charge in [-0.3, -0.25) is 14.6 Å². The minimum atomic E-state index is 0.00945. The minimum absolute atomic E-state index is 0.00945. The van der Waals surface area contributed by atoms with Crippen LogP contribution in [0.2, 0.25) is 0 Å². The zero-order valence-electron chi connectivity index (χ0n) is 19.2. The van der Waals surface area contributed by atoms with Crippen LogP contribution in [-0.2, 0) is 13.1 Å². The van der Waals surface area contributed by atoms with Crippen molar-refractivity contribution in [3.8, 4) is 0 Å². The Hall–Kier alpha value is -2.18. The maximum Gasteiger partial charge on any atom is 0.275 e. The summed E-state index contributed by atoms with van der Waals surface area (Å²) in [5.41, 5.74) is 3.22. The number of piperidine rings is 1. The molecule has 0 radical (unpaired) electrons. The van der Waals surface area contributed by atoms with Crippen LogP contribution in [-0.4, -0.2) is 64.9 Å². The van der Waals surface area contributed by atoms with Gasteiger partial charge in [-0.1, -0.05) is 45.0 Å². The number of likely N-dealkylation sites (tertiary alicyclic amines) is 1. The van der Waals surface area contributed by atoms with Crippen LogP contribution >= 0.6 is 0 Å². The van der Waals surface area contributed by atoms with Crippen molar-refractivity contribution < 1.29 is 9.21 Å². The SMILES string of the molecule is CC1CCN(C(=O)c2coc(CN3CCN(Cc4ccc(C(C)C)cc4)CC3)n2)CC1. The fourth-order valence-electron chi connectivity index (χ4n) is 4.42. The first-order valence-corrected chi connectivity index (χ1v) is 11.7. The van der Waals surface area contributed by atoms with E-state index in [0.717, 1.165) is 58.7 Å². The summed E-state index contributed by atoms with van der Waals surface area (Å²) >= 11 is 0. The van der Waals surface area contributed by atoms with Gasteiger partial charge in [-0.15, -0.1) is 0 Å². The molecule has 3 heterocycles. The summed E-state index contributed by atoms with van der Waals surface area (Å²) < 4.78 is 5.64. The van der Waals surface area contributed by atoms with E-state index in [1.165, 1.54) is 17.4 Å². The lowest BCUT2D eigenvalue weighted by molar-refractivity contribution is 0.0691. The van der Waals surface area contributed by atoms with Gasteiger partial charge in [0.15, 0.2) is 5.69 Å². The third-order valence-electron chi connectivity index (χ3n) is 6.72. The Morgan fingerprint density at radius 3 is 2.23 bits per heavy atom. The molecule has 0 bridgehead atoms. The van der Waals surface area contributed by atoms with Gasteiger partial charge in [-0.05, 0) is 35.8 Å². The molecule has 31 heavy (non-hydrogen) atoms. The van der Waals surface area contributed by atoms with Gasteiger partial charge in [0.2, 0.25) is 5.89 Å². The zero-order chi connectivity index (χ0) is 21.8. The van der Waals surface area contributed by atoms with Crippen LogP contribution in [0.5, 0.6) is 0 Å². The lowest BCUT2D eigenvalue weighted by Gasteiger charge is -2.34. The number of amides is 1. The highest BCUT2D eigenvalue weighted by Gasteiger charge is 2.25. The van der Waals surface area contributed by atoms with Gasteiger partial charge in [0.05, 0.1) is 6.54 Å². The molecule has 1 aromatic carbocycles. The standard InChI is InChI=1S/C25H36N4O2/c1-19(2)22-6-4-21(5-7-22)16-27-12-14-28(15-13-27)17-24-26-23(18-31-24)25(30)29-10-8-20(3)9-11-29/h4-7,18-20H,8-17H2,1-3H3. The largest absolute Gasteiger partial charge is 0.447 e. The van der Waals surface area contributed by atoms with E-state index in [0.29, 0.717) is 30.0 Å². The molecular weight excluding hydrogens is 388 g/mol. The summed E-state index contributed by atoms with van der Waals surface area (Å²) in [4.78, 5) is 23.9. The predicted molar refractivity (Wildman–Crippen MR) is 122 cm³/mol. The summed E-state index contributed by atoms with van der Waals surface area (Å²) in [6.07, 6.45) is 3.68. The molecule has 1 amide bonds. The minimum Gasteiger partial charge on any atom is -0.447 e. The maximum absolute atomic E-state index is 12.7. The van der Waals surface area contributed by atoms with Crippen LogP contribution in [0.1, 0.15) is 67.0 Å². The van der Waals surface area contributed by atoms with Gasteiger partial charge < -0.3 is 9.32 Å². The van der Waals surface area contributed by atoms with Crippen molar-refractivity contribution in [1.29, 1.82) is 0 Å². The van der Waals surface area contributed by atoms with E-state index in [9.17, 15) is 4.79 Å². The number of carbonyl (C=O) groups is 1. The first-order chi connectivity index (χ1) is 15.0. The van der Waals surface area contributed by atoms with E-state index in [4.69, 9.17) is 4.42 Å². The number of aromatic nitrogens is 1. The summed E-state index contributed by atoms with van der Waals surface area (Å²) in [5.74, 6) is 1.93. The molecule has 0 N–H and O–H groups in total. The molecular formula is C25H36N4O2. The first kappa shape index (κ1) is 22.0. The molecule has 0 saturated carbocycles. The molecule has 2 saturated heterocycles. The van der Waals surface area contributed by atoms with E-state index in [1.807, 2.05) is 4.90 Å². The summed E-state index contributed by atoms with van der Waals surface area (Å²) in [6.45, 7) is 14.1. The number of hydrogen-bond donors (Lipinski definition) is 0. The molecule has 0 unspecified atom stereocenters. The third kappa shape index (κ3) is 5.74. The van der Waals surface area contributed by atoms with Crippen molar-refractivity contribution in [2.45, 2.75) is 52.6 Å². The number of piperazine rings is 1. The second kappa shape index (κ2) is 9.96. The molecule has 6 nitrogen and oxygen atoms in total. The Balaban J connectivity index is 1.23. The molecule has 4 rings (SSSR count). The van der Waals surface area contributed by atoms with E-state index in [1.54, 1.807) is 0 Å². The maximum atomic E-state index is 12.7. The van der Waals surface area contributed by atoms with E-state index in [-0.39, 0.29) is 5.91 Å². The molecule has 2 fully saturated rings. The van der Waals surface area contributed by atoms with Crippen molar-refractivity contribution in [2.75, 3.05) is 39.3 Å². The second-order valence-corrected chi connectivity index (χ2v) is 9.55. The highest BCUT2D eigenvalue weighted by Crippen LogP contribution is 2.19. The third-order valence-corrected chi connectivity index (χ3v) is 6.72. The van der Waals surface area contributed by atoms with Crippen LogP contribution in [0.3, 0.4) is 0 Å². The number of benzene rings is 1. The molecule has 6 heteroatoms. The van der Waals surface area contributed by atoms with Crippen LogP contribution < -0.4 is 0 Å². The monoisotopic (exact) mass is 424 g/mol. The van der Waals surface area contributed by atoms with Crippen molar-refractivity contribution in [3.63, 3.8) is 0 Å². The number of rotatable bonds is 6. The Morgan fingerprint density at radius 2 is 1.61 bits per heavy atom. The Labute approximate surface area is 186 Å². The van der Waals surface area contributed by atoms with Crippen LogP contribution in [0.25, 0.3) is 0 Å². The molecule has 2 aliphatic rings. The number of carbonyl (C=O) groups excluding carboxylic acids is 1. The molecule has 2 aromatic rings. The lowest BCUT2D eigenvalue weighted by Crippen LogP contribution is -2.45. The summed E-state index contributed by atoms with van der Waals surface area (Å²) in [6, 6.07) is 9.02. The van der Waals surface area contributed by atoms with E-state index in [2.05, 4.69) is 59.8 Å². The molecule has 0 aliphatic carbocycles. The normalized spacial score (nSPS) is 19.3. The van der Waals surface area contributed by atoms with Gasteiger partial charge in [-0.25, -0.2) is 4.98 Å². The Morgan fingerprint density at radius 1 is 1.00 bits per heavy atom. The van der Waals surface area contributed by atoms with Gasteiger partial charge in [0.25, 0.3) is 5.91 Å². The number of hydrogen-bond acceptors (Lipinski definition) is 5. The number of oxazole rings is 1. The average Bonchev–Trinajstić information content (AvgIpc) is 3.24. The van der Waals surface area contributed by atoms with Gasteiger partial charge in [0, 0.05) is 45.8 Å². The van der Waals surface area contributed by atoms with Gasteiger partial charge in [-0.2, -0.15) is 0 Å². The second-order valence-electron chi connectivity index (χ2n) is 9.55.